The number of ether oxygens (including phenoxy) is 1. The lowest BCUT2D eigenvalue weighted by atomic mass is 10.0. The molecule has 6 nitrogen and oxygen atoms in total. The van der Waals surface area contributed by atoms with Gasteiger partial charge in [-0.05, 0) is 32.1 Å². The van der Waals surface area contributed by atoms with Crippen molar-refractivity contribution in [1.82, 2.24) is 0 Å². The van der Waals surface area contributed by atoms with E-state index in [-0.39, 0.29) is 19.3 Å². The molecular formula is C22H34O6. The average Bonchev–Trinajstić information content (AvgIpc) is 3.04. The van der Waals surface area contributed by atoms with E-state index in [0.29, 0.717) is 6.42 Å². The molecule has 0 aliphatic carbocycles. The Kier molecular flexibility index (Phi) is 12.4. The van der Waals surface area contributed by atoms with Crippen molar-refractivity contribution < 1.29 is 30.0 Å². The summed E-state index contributed by atoms with van der Waals surface area (Å²) in [5, 5.41) is 38.7. The van der Waals surface area contributed by atoms with E-state index in [1.807, 2.05) is 12.2 Å². The van der Waals surface area contributed by atoms with Gasteiger partial charge in [0.2, 0.25) is 0 Å². The summed E-state index contributed by atoms with van der Waals surface area (Å²) in [5.41, 5.74) is 0. The predicted octanol–water partition coefficient (Wildman–Crippen LogP) is 2.90. The van der Waals surface area contributed by atoms with E-state index in [1.54, 1.807) is 12.2 Å². The zero-order valence-electron chi connectivity index (χ0n) is 16.6. The zero-order chi connectivity index (χ0) is 20.8. The summed E-state index contributed by atoms with van der Waals surface area (Å²) in [6, 6.07) is 0. The molecule has 6 heteroatoms. The Morgan fingerprint density at radius 2 is 1.75 bits per heavy atom. The van der Waals surface area contributed by atoms with Crippen molar-refractivity contribution in [2.24, 2.45) is 0 Å². The van der Waals surface area contributed by atoms with Crippen LogP contribution in [0.1, 0.15) is 51.9 Å². The Balaban J connectivity index is 2.29. The van der Waals surface area contributed by atoms with Gasteiger partial charge in [-0.25, -0.2) is 0 Å². The maximum atomic E-state index is 10.6. The summed E-state index contributed by atoms with van der Waals surface area (Å²) < 4.78 is 5.59. The van der Waals surface area contributed by atoms with Gasteiger partial charge in [-0.2, -0.15) is 0 Å². The summed E-state index contributed by atoms with van der Waals surface area (Å²) in [7, 11) is 0. The van der Waals surface area contributed by atoms with Gasteiger partial charge in [0.15, 0.2) is 0 Å². The molecule has 5 atom stereocenters. The van der Waals surface area contributed by atoms with Crippen LogP contribution in [-0.4, -0.2) is 56.9 Å². The van der Waals surface area contributed by atoms with Crippen LogP contribution in [-0.2, 0) is 9.53 Å². The third-order valence-electron chi connectivity index (χ3n) is 4.45. The fraction of sp³-hybridized carbons (Fsp3) is 0.591. The van der Waals surface area contributed by atoms with Crippen molar-refractivity contribution in [2.75, 3.05) is 0 Å². The lowest BCUT2D eigenvalue weighted by molar-refractivity contribution is -0.138. The largest absolute Gasteiger partial charge is 0.481 e. The van der Waals surface area contributed by atoms with E-state index >= 15 is 0 Å². The minimum Gasteiger partial charge on any atom is -0.481 e. The molecule has 1 aliphatic heterocycles. The molecule has 1 fully saturated rings. The third-order valence-corrected chi connectivity index (χ3v) is 4.45. The first-order valence-electron chi connectivity index (χ1n) is 9.98. The number of carbonyl (C=O) groups is 1. The molecule has 0 unspecified atom stereocenters. The number of rotatable bonds is 13. The van der Waals surface area contributed by atoms with Crippen molar-refractivity contribution in [1.29, 1.82) is 0 Å². The molecule has 1 aliphatic rings. The summed E-state index contributed by atoms with van der Waals surface area (Å²) in [4.78, 5) is 10.6. The molecule has 0 radical (unpaired) electrons. The van der Waals surface area contributed by atoms with Crippen LogP contribution >= 0.6 is 0 Å². The number of hydrogen-bond acceptors (Lipinski definition) is 5. The molecule has 1 saturated heterocycles. The molecule has 1 rings (SSSR count). The number of hydrogen-bond donors (Lipinski definition) is 4. The summed E-state index contributed by atoms with van der Waals surface area (Å²) >= 11 is 0. The van der Waals surface area contributed by atoms with Crippen LogP contribution < -0.4 is 0 Å². The normalized spacial score (nSPS) is 25.5. The minimum absolute atomic E-state index is 0.0832. The van der Waals surface area contributed by atoms with Crippen molar-refractivity contribution in [2.45, 2.75) is 82.4 Å². The Morgan fingerprint density at radius 3 is 2.39 bits per heavy atom. The first kappa shape index (κ1) is 24.3. The SMILES string of the molecule is CC/C=C\C/C=C\C/C=C\C[C@H](O)/C=C/[C@@H]1O[C@@H]([C@H](O)CCC(=O)O)C[C@@H]1O. The topological polar surface area (TPSA) is 107 Å². The number of aliphatic carboxylic acids is 1. The molecule has 0 spiro atoms. The summed E-state index contributed by atoms with van der Waals surface area (Å²) in [6.07, 6.45) is 15.4. The van der Waals surface area contributed by atoms with Gasteiger partial charge in [-0.15, -0.1) is 0 Å². The standard InChI is InChI=1S/C22H34O6/c1-2-3-4-5-6-7-8-9-10-11-17(23)12-14-20-19(25)16-21(28-20)18(24)13-15-22(26)27/h3-4,6-7,9-10,12,14,17-21,23-25H,2,5,8,11,13,15-16H2,1H3,(H,26,27)/b4-3-,7-6-,10-9-,14-12+/t17-,18+,19-,20-,21+/m0/s1. The Labute approximate surface area is 167 Å². The number of carboxylic acid groups (broad SMARTS) is 1. The predicted molar refractivity (Wildman–Crippen MR) is 109 cm³/mol. The van der Waals surface area contributed by atoms with Crippen LogP contribution in [0.15, 0.2) is 48.6 Å². The fourth-order valence-electron chi connectivity index (χ4n) is 2.86. The highest BCUT2D eigenvalue weighted by Crippen LogP contribution is 2.25. The van der Waals surface area contributed by atoms with Crippen molar-refractivity contribution in [3.05, 3.63) is 48.6 Å². The number of carboxylic acids is 1. The molecule has 0 aromatic rings. The molecule has 0 aromatic carbocycles. The highest BCUT2D eigenvalue weighted by molar-refractivity contribution is 5.66. The van der Waals surface area contributed by atoms with Crippen LogP contribution in [0.3, 0.4) is 0 Å². The van der Waals surface area contributed by atoms with Gasteiger partial charge >= 0.3 is 5.97 Å². The van der Waals surface area contributed by atoms with E-state index in [4.69, 9.17) is 9.84 Å². The number of aliphatic hydroxyl groups excluding tert-OH is 3. The van der Waals surface area contributed by atoms with E-state index < -0.39 is 36.5 Å². The van der Waals surface area contributed by atoms with Gasteiger partial charge in [0, 0.05) is 12.8 Å². The molecule has 28 heavy (non-hydrogen) atoms. The molecule has 158 valence electrons. The van der Waals surface area contributed by atoms with Gasteiger partial charge in [0.25, 0.3) is 0 Å². The first-order valence-corrected chi connectivity index (χ1v) is 9.98. The third kappa shape index (κ3) is 10.6. The van der Waals surface area contributed by atoms with Crippen LogP contribution in [0.25, 0.3) is 0 Å². The van der Waals surface area contributed by atoms with E-state index in [0.717, 1.165) is 19.3 Å². The molecular weight excluding hydrogens is 360 g/mol. The average molecular weight is 395 g/mol. The zero-order valence-corrected chi connectivity index (χ0v) is 16.6. The highest BCUT2D eigenvalue weighted by Gasteiger charge is 2.36. The van der Waals surface area contributed by atoms with Crippen LogP contribution in [0, 0.1) is 0 Å². The quantitative estimate of drug-likeness (QED) is 0.358. The molecule has 0 aromatic heterocycles. The molecule has 0 amide bonds. The van der Waals surface area contributed by atoms with Gasteiger partial charge in [-0.1, -0.05) is 55.5 Å². The van der Waals surface area contributed by atoms with Crippen LogP contribution in [0.4, 0.5) is 0 Å². The Hall–Kier alpha value is -1.73. The molecule has 0 bridgehead atoms. The smallest absolute Gasteiger partial charge is 0.303 e. The second-order valence-corrected chi connectivity index (χ2v) is 6.92. The second kappa shape index (κ2) is 14.3. The fourth-order valence-corrected chi connectivity index (χ4v) is 2.86. The van der Waals surface area contributed by atoms with Gasteiger partial charge in [0.1, 0.15) is 6.10 Å². The lowest BCUT2D eigenvalue weighted by Crippen LogP contribution is -2.26. The number of aliphatic hydroxyl groups is 3. The summed E-state index contributed by atoms with van der Waals surface area (Å²) in [6.45, 7) is 2.10. The van der Waals surface area contributed by atoms with Crippen LogP contribution in [0.5, 0.6) is 0 Å². The van der Waals surface area contributed by atoms with E-state index in [2.05, 4.69) is 31.2 Å². The molecule has 4 N–H and O–H groups in total. The monoisotopic (exact) mass is 394 g/mol. The molecule has 1 heterocycles. The van der Waals surface area contributed by atoms with Crippen LogP contribution in [0.2, 0.25) is 0 Å². The van der Waals surface area contributed by atoms with E-state index in [9.17, 15) is 20.1 Å². The number of allylic oxidation sites excluding steroid dienone is 5. The highest BCUT2D eigenvalue weighted by atomic mass is 16.5. The van der Waals surface area contributed by atoms with E-state index in [1.165, 1.54) is 0 Å². The van der Waals surface area contributed by atoms with Crippen molar-refractivity contribution >= 4 is 5.97 Å². The Morgan fingerprint density at radius 1 is 1.11 bits per heavy atom. The van der Waals surface area contributed by atoms with Crippen molar-refractivity contribution in [3.63, 3.8) is 0 Å². The first-order chi connectivity index (χ1) is 13.4. The Bertz CT molecular complexity index is 551. The van der Waals surface area contributed by atoms with Gasteiger partial charge in [0.05, 0.1) is 24.4 Å². The van der Waals surface area contributed by atoms with Crippen molar-refractivity contribution in [3.8, 4) is 0 Å². The van der Waals surface area contributed by atoms with Gasteiger partial charge in [-0.3, -0.25) is 4.79 Å². The lowest BCUT2D eigenvalue weighted by Gasteiger charge is -2.17. The maximum Gasteiger partial charge on any atom is 0.303 e. The molecule has 0 saturated carbocycles. The maximum absolute atomic E-state index is 10.6. The minimum atomic E-state index is -0.978. The summed E-state index contributed by atoms with van der Waals surface area (Å²) in [5.74, 6) is -0.978. The second-order valence-electron chi connectivity index (χ2n) is 6.92. The van der Waals surface area contributed by atoms with Gasteiger partial charge < -0.3 is 25.2 Å².